The monoisotopic (exact) mass is 393 g/mol. The maximum absolute atomic E-state index is 12.7. The molecule has 0 saturated carbocycles. The average Bonchev–Trinajstić information content (AvgIpc) is 3.14. The highest BCUT2D eigenvalue weighted by Gasteiger charge is 2.23. The molecule has 150 valence electrons. The van der Waals surface area contributed by atoms with Gasteiger partial charge in [0, 0.05) is 38.0 Å². The van der Waals surface area contributed by atoms with E-state index in [0.717, 1.165) is 24.5 Å². The van der Waals surface area contributed by atoms with Crippen molar-refractivity contribution in [3.05, 3.63) is 48.7 Å². The summed E-state index contributed by atoms with van der Waals surface area (Å²) in [5.74, 6) is 0.860. The fraction of sp³-hybridized carbons (Fsp3) is 0.350. The molecule has 4 rings (SSSR count). The summed E-state index contributed by atoms with van der Waals surface area (Å²) in [4.78, 5) is 27.8. The summed E-state index contributed by atoms with van der Waals surface area (Å²) in [6.45, 7) is 5.55. The molecule has 9 heteroatoms. The molecule has 0 radical (unpaired) electrons. The summed E-state index contributed by atoms with van der Waals surface area (Å²) < 4.78 is 7.46. The number of carbonyl (C=O) groups is 1. The van der Waals surface area contributed by atoms with Crippen molar-refractivity contribution >= 4 is 17.5 Å². The zero-order valence-electron chi connectivity index (χ0n) is 16.6. The van der Waals surface area contributed by atoms with Gasteiger partial charge in [-0.15, -0.1) is 0 Å². The molecule has 0 unspecified atom stereocenters. The van der Waals surface area contributed by atoms with Gasteiger partial charge in [-0.3, -0.25) is 9.48 Å². The highest BCUT2D eigenvalue weighted by Crippen LogP contribution is 2.21. The SMILES string of the molecule is C[C@@H]1CN(c2cc(NC(=O)c3cccc(-c4cnn(C)c4)n3)ncn2)C[C@H](C)O1. The van der Waals surface area contributed by atoms with Crippen LogP contribution in [0.2, 0.25) is 0 Å². The van der Waals surface area contributed by atoms with E-state index in [9.17, 15) is 4.79 Å². The van der Waals surface area contributed by atoms with Crippen molar-refractivity contribution in [1.82, 2.24) is 24.7 Å². The standard InChI is InChI=1S/C20H23N7O2/c1-13-9-27(10-14(2)29-13)19-7-18(21-12-22-19)25-20(28)17-6-4-5-16(24-17)15-8-23-26(3)11-15/h4-8,11-14H,9-10H2,1-3H3,(H,21,22,25,28)/t13-,14+. The van der Waals surface area contributed by atoms with Crippen LogP contribution < -0.4 is 10.2 Å². The number of hydrogen-bond donors (Lipinski definition) is 1. The first kappa shape index (κ1) is 19.0. The number of hydrogen-bond acceptors (Lipinski definition) is 7. The molecule has 0 spiro atoms. The second-order valence-corrected chi connectivity index (χ2v) is 7.19. The molecule has 1 fully saturated rings. The molecule has 1 aliphatic rings. The summed E-state index contributed by atoms with van der Waals surface area (Å²) >= 11 is 0. The maximum Gasteiger partial charge on any atom is 0.275 e. The fourth-order valence-electron chi connectivity index (χ4n) is 3.41. The summed E-state index contributed by atoms with van der Waals surface area (Å²) in [5.41, 5.74) is 1.84. The van der Waals surface area contributed by atoms with Crippen LogP contribution >= 0.6 is 0 Å². The largest absolute Gasteiger partial charge is 0.372 e. The van der Waals surface area contributed by atoms with Gasteiger partial charge >= 0.3 is 0 Å². The van der Waals surface area contributed by atoms with Crippen LogP contribution in [0, 0.1) is 0 Å². The Bertz CT molecular complexity index is 1010. The van der Waals surface area contributed by atoms with Gasteiger partial charge in [-0.1, -0.05) is 6.07 Å². The van der Waals surface area contributed by atoms with Gasteiger partial charge in [-0.25, -0.2) is 15.0 Å². The Hall–Kier alpha value is -3.33. The van der Waals surface area contributed by atoms with E-state index >= 15 is 0 Å². The number of anilines is 2. The predicted molar refractivity (Wildman–Crippen MR) is 109 cm³/mol. The summed E-state index contributed by atoms with van der Waals surface area (Å²) in [5, 5.41) is 6.96. The smallest absolute Gasteiger partial charge is 0.275 e. The highest BCUT2D eigenvalue weighted by atomic mass is 16.5. The van der Waals surface area contributed by atoms with Crippen molar-refractivity contribution in [3.8, 4) is 11.3 Å². The number of carbonyl (C=O) groups excluding carboxylic acids is 1. The lowest BCUT2D eigenvalue weighted by atomic mass is 10.2. The lowest BCUT2D eigenvalue weighted by Crippen LogP contribution is -2.45. The second kappa shape index (κ2) is 7.96. The van der Waals surface area contributed by atoms with E-state index in [2.05, 4.69) is 30.3 Å². The van der Waals surface area contributed by atoms with Gasteiger partial charge in [0.2, 0.25) is 0 Å². The number of aromatic nitrogens is 5. The minimum Gasteiger partial charge on any atom is -0.372 e. The van der Waals surface area contributed by atoms with E-state index in [4.69, 9.17) is 4.74 Å². The van der Waals surface area contributed by atoms with Gasteiger partial charge in [0.05, 0.1) is 24.1 Å². The van der Waals surface area contributed by atoms with Gasteiger partial charge < -0.3 is 15.0 Å². The van der Waals surface area contributed by atoms with Crippen LogP contribution in [-0.2, 0) is 11.8 Å². The molecule has 0 bridgehead atoms. The van der Waals surface area contributed by atoms with Crippen molar-refractivity contribution in [2.75, 3.05) is 23.3 Å². The number of nitrogens with one attached hydrogen (secondary N) is 1. The Morgan fingerprint density at radius 2 is 2.00 bits per heavy atom. The zero-order valence-corrected chi connectivity index (χ0v) is 16.6. The van der Waals surface area contributed by atoms with Crippen LogP contribution in [0.4, 0.5) is 11.6 Å². The third-order valence-corrected chi connectivity index (χ3v) is 4.62. The number of aryl methyl sites for hydroxylation is 1. The lowest BCUT2D eigenvalue weighted by Gasteiger charge is -2.36. The molecule has 1 amide bonds. The minimum absolute atomic E-state index is 0.117. The first-order chi connectivity index (χ1) is 14.0. The molecule has 3 aromatic rings. The molecule has 9 nitrogen and oxygen atoms in total. The number of nitrogens with zero attached hydrogens (tertiary/aromatic N) is 6. The summed E-state index contributed by atoms with van der Waals surface area (Å²) in [6.07, 6.45) is 5.25. The number of rotatable bonds is 4. The lowest BCUT2D eigenvalue weighted by molar-refractivity contribution is -0.00546. The molecule has 29 heavy (non-hydrogen) atoms. The van der Waals surface area contributed by atoms with Crippen LogP contribution in [0.3, 0.4) is 0 Å². The van der Waals surface area contributed by atoms with Crippen molar-refractivity contribution < 1.29 is 9.53 Å². The molecule has 0 aromatic carbocycles. The van der Waals surface area contributed by atoms with Crippen LogP contribution in [0.1, 0.15) is 24.3 Å². The van der Waals surface area contributed by atoms with E-state index in [-0.39, 0.29) is 18.1 Å². The Morgan fingerprint density at radius 1 is 1.21 bits per heavy atom. The quantitative estimate of drug-likeness (QED) is 0.725. The van der Waals surface area contributed by atoms with Gasteiger partial charge in [0.1, 0.15) is 23.7 Å². The number of amides is 1. The summed E-state index contributed by atoms with van der Waals surface area (Å²) in [7, 11) is 1.84. The molecule has 1 aliphatic heterocycles. The van der Waals surface area contributed by atoms with E-state index in [0.29, 0.717) is 17.2 Å². The molecule has 3 aromatic heterocycles. The number of pyridine rings is 1. The van der Waals surface area contributed by atoms with E-state index < -0.39 is 0 Å². The normalized spacial score (nSPS) is 19.2. The maximum atomic E-state index is 12.7. The molecule has 1 N–H and O–H groups in total. The number of ether oxygens (including phenoxy) is 1. The molecular formula is C20H23N7O2. The van der Waals surface area contributed by atoms with Gasteiger partial charge in [-0.05, 0) is 26.0 Å². The van der Waals surface area contributed by atoms with Crippen LogP contribution in [0.5, 0.6) is 0 Å². The van der Waals surface area contributed by atoms with Gasteiger partial charge in [0.25, 0.3) is 5.91 Å². The van der Waals surface area contributed by atoms with E-state index in [1.54, 1.807) is 29.1 Å². The Labute approximate surface area is 168 Å². The first-order valence-electron chi connectivity index (χ1n) is 9.48. The number of morpholine rings is 1. The van der Waals surface area contributed by atoms with Gasteiger partial charge in [0.15, 0.2) is 0 Å². The van der Waals surface area contributed by atoms with Gasteiger partial charge in [-0.2, -0.15) is 5.10 Å². The van der Waals surface area contributed by atoms with E-state index in [1.807, 2.05) is 33.2 Å². The fourth-order valence-corrected chi connectivity index (χ4v) is 3.41. The second-order valence-electron chi connectivity index (χ2n) is 7.19. The third-order valence-electron chi connectivity index (χ3n) is 4.62. The molecule has 4 heterocycles. The molecule has 2 atom stereocenters. The molecule has 1 saturated heterocycles. The Kier molecular flexibility index (Phi) is 5.22. The topological polar surface area (TPSA) is 98.1 Å². The summed E-state index contributed by atoms with van der Waals surface area (Å²) in [6, 6.07) is 7.08. The van der Waals surface area contributed by atoms with Crippen LogP contribution in [0.15, 0.2) is 43.0 Å². The third kappa shape index (κ3) is 4.40. The predicted octanol–water partition coefficient (Wildman–Crippen LogP) is 2.14. The van der Waals surface area contributed by atoms with Crippen molar-refractivity contribution in [2.24, 2.45) is 7.05 Å². The van der Waals surface area contributed by atoms with E-state index in [1.165, 1.54) is 6.33 Å². The average molecular weight is 393 g/mol. The molecular weight excluding hydrogens is 370 g/mol. The Morgan fingerprint density at radius 3 is 2.72 bits per heavy atom. The minimum atomic E-state index is -0.330. The van der Waals surface area contributed by atoms with Crippen molar-refractivity contribution in [3.63, 3.8) is 0 Å². The van der Waals surface area contributed by atoms with Crippen molar-refractivity contribution in [1.29, 1.82) is 0 Å². The van der Waals surface area contributed by atoms with Crippen molar-refractivity contribution in [2.45, 2.75) is 26.1 Å². The first-order valence-corrected chi connectivity index (χ1v) is 9.48. The zero-order chi connectivity index (χ0) is 20.4. The van der Waals surface area contributed by atoms with Crippen LogP contribution in [-0.4, -0.2) is 55.9 Å². The Balaban J connectivity index is 1.50. The molecule has 0 aliphatic carbocycles. The highest BCUT2D eigenvalue weighted by molar-refractivity contribution is 6.02. The van der Waals surface area contributed by atoms with Crippen LogP contribution in [0.25, 0.3) is 11.3 Å².